The van der Waals surface area contributed by atoms with Gasteiger partial charge in [0.25, 0.3) is 5.91 Å². The predicted molar refractivity (Wildman–Crippen MR) is 94.8 cm³/mol. The lowest BCUT2D eigenvalue weighted by atomic mass is 10.1. The van der Waals surface area contributed by atoms with Crippen molar-refractivity contribution in [2.24, 2.45) is 5.10 Å². The maximum absolute atomic E-state index is 11.8. The maximum Gasteiger partial charge on any atom is 0.259 e. The first kappa shape index (κ1) is 17.3. The number of carbonyl (C=O) groups excluding carboxylic acids is 1. The summed E-state index contributed by atoms with van der Waals surface area (Å²) in [5, 5.41) is 16.8. The molecule has 24 heavy (non-hydrogen) atoms. The van der Waals surface area contributed by atoms with Crippen molar-refractivity contribution in [1.82, 2.24) is 5.43 Å². The first-order valence-corrected chi connectivity index (χ1v) is 7.50. The van der Waals surface area contributed by atoms with Crippen LogP contribution in [-0.2, 0) is 4.79 Å². The van der Waals surface area contributed by atoms with E-state index in [-0.39, 0.29) is 18.2 Å². The average molecular weight is 327 g/mol. The van der Waals surface area contributed by atoms with Crippen LogP contribution in [0.25, 0.3) is 0 Å². The number of hydrogen-bond acceptors (Lipinski definition) is 5. The number of benzene rings is 2. The van der Waals surface area contributed by atoms with Gasteiger partial charge in [0.2, 0.25) is 0 Å². The number of amides is 1. The number of methoxy groups -OCH3 is 1. The van der Waals surface area contributed by atoms with E-state index in [1.54, 1.807) is 18.2 Å². The number of anilines is 1. The number of hydrazone groups is 1. The molecular formula is C18H21N3O3. The number of rotatable bonds is 6. The molecule has 0 atom stereocenters. The smallest absolute Gasteiger partial charge is 0.259 e. The number of nitrogens with one attached hydrogen (secondary N) is 2. The molecule has 3 N–H and O–H groups in total. The quantitative estimate of drug-likeness (QED) is 0.562. The molecule has 126 valence electrons. The van der Waals surface area contributed by atoms with Gasteiger partial charge in [-0.25, -0.2) is 5.43 Å². The first-order chi connectivity index (χ1) is 11.5. The van der Waals surface area contributed by atoms with Gasteiger partial charge in [0.05, 0.1) is 19.9 Å². The fourth-order valence-corrected chi connectivity index (χ4v) is 2.21. The number of aromatic hydroxyl groups is 1. The lowest BCUT2D eigenvalue weighted by Crippen LogP contribution is -2.26. The Morgan fingerprint density at radius 3 is 2.79 bits per heavy atom. The van der Waals surface area contributed by atoms with Crippen molar-refractivity contribution in [3.8, 4) is 11.5 Å². The van der Waals surface area contributed by atoms with Crippen LogP contribution in [0, 0.1) is 13.8 Å². The molecule has 0 bridgehead atoms. The number of carbonyl (C=O) groups is 1. The van der Waals surface area contributed by atoms with Crippen LogP contribution >= 0.6 is 0 Å². The summed E-state index contributed by atoms with van der Waals surface area (Å²) >= 11 is 0. The molecule has 0 aliphatic carbocycles. The van der Waals surface area contributed by atoms with Crippen LogP contribution in [0.2, 0.25) is 0 Å². The highest BCUT2D eigenvalue weighted by Crippen LogP contribution is 2.27. The van der Waals surface area contributed by atoms with Crippen LogP contribution in [-0.4, -0.2) is 30.9 Å². The SMILES string of the molecule is COc1cccc(/C=N/NC(=O)CNc2ccc(C)cc2C)c1O. The summed E-state index contributed by atoms with van der Waals surface area (Å²) < 4.78 is 5.01. The predicted octanol–water partition coefficient (Wildman–Crippen LogP) is 2.58. The van der Waals surface area contributed by atoms with Crippen molar-refractivity contribution in [3.63, 3.8) is 0 Å². The molecule has 0 aromatic heterocycles. The van der Waals surface area contributed by atoms with E-state index in [4.69, 9.17) is 4.74 Å². The number of hydrogen-bond donors (Lipinski definition) is 3. The number of aryl methyl sites for hydroxylation is 2. The normalized spacial score (nSPS) is 10.6. The first-order valence-electron chi connectivity index (χ1n) is 7.50. The minimum Gasteiger partial charge on any atom is -0.504 e. The molecule has 0 saturated carbocycles. The highest BCUT2D eigenvalue weighted by Gasteiger charge is 2.05. The molecule has 0 aliphatic heterocycles. The molecule has 0 aliphatic rings. The van der Waals surface area contributed by atoms with E-state index >= 15 is 0 Å². The van der Waals surface area contributed by atoms with Gasteiger partial charge in [-0.15, -0.1) is 0 Å². The van der Waals surface area contributed by atoms with E-state index in [9.17, 15) is 9.90 Å². The van der Waals surface area contributed by atoms with E-state index in [0.29, 0.717) is 11.3 Å². The van der Waals surface area contributed by atoms with E-state index in [2.05, 4.69) is 15.8 Å². The number of phenolic OH excluding ortho intramolecular Hbond substituents is 1. The largest absolute Gasteiger partial charge is 0.504 e. The van der Waals surface area contributed by atoms with Crippen LogP contribution in [0.4, 0.5) is 5.69 Å². The standard InChI is InChI=1S/C18H21N3O3/c1-12-7-8-15(13(2)9-12)19-11-17(22)21-20-10-14-5-4-6-16(24-3)18(14)23/h4-10,19,23H,11H2,1-3H3,(H,21,22)/b20-10+. The second-order valence-electron chi connectivity index (χ2n) is 5.36. The summed E-state index contributed by atoms with van der Waals surface area (Å²) in [6.07, 6.45) is 1.37. The fourth-order valence-electron chi connectivity index (χ4n) is 2.21. The fraction of sp³-hybridized carbons (Fsp3) is 0.222. The van der Waals surface area contributed by atoms with E-state index < -0.39 is 0 Å². The Bertz CT molecular complexity index is 757. The molecule has 2 aromatic rings. The van der Waals surface area contributed by atoms with Gasteiger partial charge in [0.15, 0.2) is 11.5 Å². The highest BCUT2D eigenvalue weighted by molar-refractivity contribution is 5.87. The Balaban J connectivity index is 1.89. The molecule has 1 amide bonds. The number of phenols is 1. The zero-order chi connectivity index (χ0) is 17.5. The minimum absolute atomic E-state index is 0.0218. The Kier molecular flexibility index (Phi) is 5.78. The van der Waals surface area contributed by atoms with Gasteiger partial charge in [-0.2, -0.15) is 5.10 Å². The third-order valence-electron chi connectivity index (χ3n) is 3.46. The molecule has 0 spiro atoms. The lowest BCUT2D eigenvalue weighted by molar-refractivity contribution is -0.119. The van der Waals surface area contributed by atoms with E-state index in [1.165, 1.54) is 18.9 Å². The van der Waals surface area contributed by atoms with Gasteiger partial charge in [0.1, 0.15) is 0 Å². The van der Waals surface area contributed by atoms with E-state index in [1.807, 2.05) is 32.0 Å². The molecule has 0 saturated heterocycles. The molecular weight excluding hydrogens is 306 g/mol. The number of para-hydroxylation sites is 1. The summed E-state index contributed by atoms with van der Waals surface area (Å²) in [4.78, 5) is 11.8. The van der Waals surface area contributed by atoms with Gasteiger partial charge in [-0.05, 0) is 37.6 Å². The zero-order valence-corrected chi connectivity index (χ0v) is 14.0. The van der Waals surface area contributed by atoms with Crippen molar-refractivity contribution in [1.29, 1.82) is 0 Å². The Morgan fingerprint density at radius 2 is 2.08 bits per heavy atom. The third kappa shape index (κ3) is 4.49. The molecule has 0 fully saturated rings. The van der Waals surface area contributed by atoms with Crippen molar-refractivity contribution < 1.29 is 14.6 Å². The van der Waals surface area contributed by atoms with Crippen LogP contribution in [0.15, 0.2) is 41.5 Å². The second-order valence-corrected chi connectivity index (χ2v) is 5.36. The Morgan fingerprint density at radius 1 is 1.29 bits per heavy atom. The maximum atomic E-state index is 11.8. The Hall–Kier alpha value is -3.02. The van der Waals surface area contributed by atoms with Crippen LogP contribution in [0.5, 0.6) is 11.5 Å². The molecule has 2 rings (SSSR count). The monoisotopic (exact) mass is 327 g/mol. The lowest BCUT2D eigenvalue weighted by Gasteiger charge is -2.09. The van der Waals surface area contributed by atoms with Crippen molar-refractivity contribution in [2.45, 2.75) is 13.8 Å². The summed E-state index contributed by atoms with van der Waals surface area (Å²) in [5.41, 5.74) is 6.02. The number of ether oxygens (including phenoxy) is 1. The van der Waals surface area contributed by atoms with Crippen LogP contribution in [0.3, 0.4) is 0 Å². The summed E-state index contributed by atoms with van der Waals surface area (Å²) in [6.45, 7) is 4.11. The van der Waals surface area contributed by atoms with Gasteiger partial charge in [-0.1, -0.05) is 23.8 Å². The van der Waals surface area contributed by atoms with Crippen molar-refractivity contribution in [2.75, 3.05) is 19.0 Å². The van der Waals surface area contributed by atoms with Gasteiger partial charge in [-0.3, -0.25) is 4.79 Å². The van der Waals surface area contributed by atoms with Crippen molar-refractivity contribution in [3.05, 3.63) is 53.1 Å². The molecule has 0 unspecified atom stereocenters. The molecule has 0 radical (unpaired) electrons. The van der Waals surface area contributed by atoms with Gasteiger partial charge in [0, 0.05) is 11.3 Å². The second kappa shape index (κ2) is 8.01. The molecule has 2 aromatic carbocycles. The minimum atomic E-state index is -0.284. The molecule has 6 nitrogen and oxygen atoms in total. The topological polar surface area (TPSA) is 83.0 Å². The highest BCUT2D eigenvalue weighted by atomic mass is 16.5. The summed E-state index contributed by atoms with van der Waals surface area (Å²) in [5.74, 6) is 0.0433. The van der Waals surface area contributed by atoms with Crippen molar-refractivity contribution >= 4 is 17.8 Å². The van der Waals surface area contributed by atoms with Crippen LogP contribution < -0.4 is 15.5 Å². The van der Waals surface area contributed by atoms with Gasteiger partial charge < -0.3 is 15.2 Å². The number of nitrogens with zero attached hydrogens (tertiary/aromatic N) is 1. The summed E-state index contributed by atoms with van der Waals surface area (Å²) in [6, 6.07) is 11.0. The Labute approximate surface area is 141 Å². The molecule has 6 heteroatoms. The van der Waals surface area contributed by atoms with E-state index in [0.717, 1.165) is 11.3 Å². The van der Waals surface area contributed by atoms with Crippen LogP contribution in [0.1, 0.15) is 16.7 Å². The third-order valence-corrected chi connectivity index (χ3v) is 3.46. The summed E-state index contributed by atoms with van der Waals surface area (Å²) in [7, 11) is 1.47. The van der Waals surface area contributed by atoms with Gasteiger partial charge >= 0.3 is 0 Å². The zero-order valence-electron chi connectivity index (χ0n) is 14.0. The molecule has 0 heterocycles. The average Bonchev–Trinajstić information content (AvgIpc) is 2.55.